The number of aryl methyl sites for hydroxylation is 1. The summed E-state index contributed by atoms with van der Waals surface area (Å²) in [5.74, 6) is 0. The second-order valence-electron chi connectivity index (χ2n) is 3.73. The van der Waals surface area contributed by atoms with Crippen LogP contribution < -0.4 is 0 Å². The lowest BCUT2D eigenvalue weighted by molar-refractivity contribution is 1.19. The van der Waals surface area contributed by atoms with Crippen molar-refractivity contribution in [2.24, 2.45) is 0 Å². The van der Waals surface area contributed by atoms with E-state index < -0.39 is 0 Å². The van der Waals surface area contributed by atoms with E-state index in [1.807, 2.05) is 37.3 Å². The van der Waals surface area contributed by atoms with Crippen molar-refractivity contribution >= 4 is 6.08 Å². The third kappa shape index (κ3) is 2.09. The second kappa shape index (κ2) is 4.63. The van der Waals surface area contributed by atoms with Crippen molar-refractivity contribution < 1.29 is 0 Å². The van der Waals surface area contributed by atoms with Crippen molar-refractivity contribution in [1.82, 2.24) is 4.98 Å². The zero-order valence-corrected chi connectivity index (χ0v) is 9.64. The van der Waals surface area contributed by atoms with Crippen LogP contribution >= 0.6 is 0 Å². The van der Waals surface area contributed by atoms with Crippen molar-refractivity contribution in [3.05, 3.63) is 59.8 Å². The maximum Gasteiger partial charge on any atom is 0.0998 e. The van der Waals surface area contributed by atoms with Crippen molar-refractivity contribution in [3.63, 3.8) is 0 Å². The lowest BCUT2D eigenvalue weighted by Crippen LogP contribution is -1.92. The average molecular weight is 220 g/mol. The Morgan fingerprint density at radius 2 is 2.00 bits per heavy atom. The van der Waals surface area contributed by atoms with Gasteiger partial charge in [-0.05, 0) is 24.6 Å². The van der Waals surface area contributed by atoms with E-state index in [2.05, 4.69) is 17.6 Å². The first-order valence-electron chi connectivity index (χ1n) is 5.36. The number of aromatic nitrogens is 1. The lowest BCUT2D eigenvalue weighted by atomic mass is 10.0. The number of pyridine rings is 1. The van der Waals surface area contributed by atoms with Gasteiger partial charge in [-0.2, -0.15) is 5.26 Å². The maximum absolute atomic E-state index is 9.06. The molecule has 0 amide bonds. The van der Waals surface area contributed by atoms with Gasteiger partial charge in [-0.15, -0.1) is 0 Å². The van der Waals surface area contributed by atoms with Crippen molar-refractivity contribution in [3.8, 4) is 17.3 Å². The molecule has 17 heavy (non-hydrogen) atoms. The van der Waals surface area contributed by atoms with Gasteiger partial charge in [0.05, 0.1) is 17.3 Å². The topological polar surface area (TPSA) is 36.7 Å². The molecule has 2 heteroatoms. The van der Waals surface area contributed by atoms with Crippen LogP contribution in [0.5, 0.6) is 0 Å². The summed E-state index contributed by atoms with van der Waals surface area (Å²) in [7, 11) is 0. The Hall–Kier alpha value is -2.40. The molecule has 0 radical (unpaired) electrons. The summed E-state index contributed by atoms with van der Waals surface area (Å²) >= 11 is 0. The van der Waals surface area contributed by atoms with E-state index in [0.29, 0.717) is 5.56 Å². The van der Waals surface area contributed by atoms with Gasteiger partial charge in [0.15, 0.2) is 0 Å². The maximum atomic E-state index is 9.06. The molecule has 0 N–H and O–H groups in total. The monoisotopic (exact) mass is 220 g/mol. The molecule has 1 aromatic carbocycles. The fourth-order valence-electron chi connectivity index (χ4n) is 1.74. The fourth-order valence-corrected chi connectivity index (χ4v) is 1.74. The Morgan fingerprint density at radius 1 is 1.24 bits per heavy atom. The van der Waals surface area contributed by atoms with Gasteiger partial charge < -0.3 is 0 Å². The van der Waals surface area contributed by atoms with Gasteiger partial charge in [-0.25, -0.2) is 0 Å². The molecule has 2 rings (SSSR count). The van der Waals surface area contributed by atoms with Gasteiger partial charge >= 0.3 is 0 Å². The van der Waals surface area contributed by atoms with Gasteiger partial charge in [-0.3, -0.25) is 4.98 Å². The van der Waals surface area contributed by atoms with Crippen LogP contribution in [0.25, 0.3) is 17.3 Å². The molecule has 82 valence electrons. The average Bonchev–Trinajstić information content (AvgIpc) is 2.38. The molecule has 0 fully saturated rings. The van der Waals surface area contributed by atoms with E-state index in [-0.39, 0.29) is 0 Å². The normalized spacial score (nSPS) is 9.65. The summed E-state index contributed by atoms with van der Waals surface area (Å²) in [5, 5.41) is 9.06. The van der Waals surface area contributed by atoms with Gasteiger partial charge in [0.25, 0.3) is 0 Å². The Labute approximate surface area is 101 Å². The standard InChI is InChI=1S/C15H12N2/c1-3-12-8-9-15(17-11(12)2)14-7-5-4-6-13(14)10-16/h3-9H,1H2,2H3. The zero-order chi connectivity index (χ0) is 12.3. The number of rotatable bonds is 2. The minimum Gasteiger partial charge on any atom is -0.252 e. The molecule has 0 aliphatic heterocycles. The van der Waals surface area contributed by atoms with Crippen LogP contribution in [0, 0.1) is 18.3 Å². The molecule has 2 aromatic rings. The largest absolute Gasteiger partial charge is 0.252 e. The number of nitriles is 1. The van der Waals surface area contributed by atoms with Crippen LogP contribution in [0.4, 0.5) is 0 Å². The summed E-state index contributed by atoms with van der Waals surface area (Å²) in [6.07, 6.45) is 1.78. The summed E-state index contributed by atoms with van der Waals surface area (Å²) < 4.78 is 0. The molecule has 0 saturated carbocycles. The molecular weight excluding hydrogens is 208 g/mol. The van der Waals surface area contributed by atoms with Crippen molar-refractivity contribution in [2.45, 2.75) is 6.92 Å². The SMILES string of the molecule is C=Cc1ccc(-c2ccccc2C#N)nc1C. The van der Waals surface area contributed by atoms with Crippen molar-refractivity contribution in [1.29, 1.82) is 5.26 Å². The van der Waals surface area contributed by atoms with Gasteiger partial charge in [0.2, 0.25) is 0 Å². The van der Waals surface area contributed by atoms with Crippen LogP contribution in [-0.4, -0.2) is 4.98 Å². The van der Waals surface area contributed by atoms with E-state index >= 15 is 0 Å². The number of nitrogens with zero attached hydrogens (tertiary/aromatic N) is 2. The Morgan fingerprint density at radius 3 is 2.65 bits per heavy atom. The molecule has 0 bridgehead atoms. The van der Waals surface area contributed by atoms with Gasteiger partial charge in [0.1, 0.15) is 0 Å². The molecule has 1 aromatic heterocycles. The third-order valence-electron chi connectivity index (χ3n) is 2.67. The number of hydrogen-bond acceptors (Lipinski definition) is 2. The quantitative estimate of drug-likeness (QED) is 0.775. The van der Waals surface area contributed by atoms with E-state index in [9.17, 15) is 0 Å². The molecular formula is C15H12N2. The summed E-state index contributed by atoms with van der Waals surface area (Å²) in [5.41, 5.74) is 4.28. The predicted molar refractivity (Wildman–Crippen MR) is 69.2 cm³/mol. The number of benzene rings is 1. The van der Waals surface area contributed by atoms with Crippen molar-refractivity contribution in [2.75, 3.05) is 0 Å². The minimum absolute atomic E-state index is 0.644. The molecule has 0 atom stereocenters. The second-order valence-corrected chi connectivity index (χ2v) is 3.73. The molecule has 0 unspecified atom stereocenters. The van der Waals surface area contributed by atoms with Crippen LogP contribution in [-0.2, 0) is 0 Å². The van der Waals surface area contributed by atoms with E-state index in [0.717, 1.165) is 22.5 Å². The summed E-state index contributed by atoms with van der Waals surface area (Å²) in [4.78, 5) is 4.50. The molecule has 0 aliphatic carbocycles. The van der Waals surface area contributed by atoms with Crippen LogP contribution in [0.2, 0.25) is 0 Å². The highest BCUT2D eigenvalue weighted by molar-refractivity contribution is 5.68. The molecule has 0 saturated heterocycles. The lowest BCUT2D eigenvalue weighted by Gasteiger charge is -2.06. The third-order valence-corrected chi connectivity index (χ3v) is 2.67. The fraction of sp³-hybridized carbons (Fsp3) is 0.0667. The molecule has 2 nitrogen and oxygen atoms in total. The minimum atomic E-state index is 0.644. The predicted octanol–water partition coefficient (Wildman–Crippen LogP) is 3.57. The highest BCUT2D eigenvalue weighted by Gasteiger charge is 2.06. The molecule has 1 heterocycles. The van der Waals surface area contributed by atoms with Gasteiger partial charge in [0, 0.05) is 11.3 Å². The summed E-state index contributed by atoms with van der Waals surface area (Å²) in [6, 6.07) is 13.5. The summed E-state index contributed by atoms with van der Waals surface area (Å²) in [6.45, 7) is 5.68. The van der Waals surface area contributed by atoms with Crippen LogP contribution in [0.15, 0.2) is 43.0 Å². The molecule has 0 spiro atoms. The first kappa shape index (κ1) is 11.1. The highest BCUT2D eigenvalue weighted by atomic mass is 14.7. The Bertz CT molecular complexity index is 607. The van der Waals surface area contributed by atoms with Crippen LogP contribution in [0.1, 0.15) is 16.8 Å². The number of hydrogen-bond donors (Lipinski definition) is 0. The smallest absolute Gasteiger partial charge is 0.0998 e. The van der Waals surface area contributed by atoms with E-state index in [1.165, 1.54) is 0 Å². The van der Waals surface area contributed by atoms with Crippen LogP contribution in [0.3, 0.4) is 0 Å². The van der Waals surface area contributed by atoms with E-state index in [1.54, 1.807) is 12.1 Å². The first-order valence-corrected chi connectivity index (χ1v) is 5.36. The Kier molecular flexibility index (Phi) is 3.02. The molecule has 0 aliphatic rings. The van der Waals surface area contributed by atoms with Gasteiger partial charge in [-0.1, -0.05) is 36.9 Å². The Balaban J connectivity index is 2.58. The highest BCUT2D eigenvalue weighted by Crippen LogP contribution is 2.22. The first-order chi connectivity index (χ1) is 8.26. The zero-order valence-electron chi connectivity index (χ0n) is 9.64. The van der Waals surface area contributed by atoms with E-state index in [4.69, 9.17) is 5.26 Å².